The van der Waals surface area contributed by atoms with Crippen LogP contribution in [0.15, 0.2) is 72.8 Å². The topological polar surface area (TPSA) is 18.5 Å². The molecule has 0 aliphatic rings. The molecule has 0 fully saturated rings. The Labute approximate surface area is 192 Å². The summed E-state index contributed by atoms with van der Waals surface area (Å²) in [6.07, 6.45) is 1.84. The van der Waals surface area contributed by atoms with Crippen molar-refractivity contribution in [2.45, 2.75) is 65.6 Å². The minimum Gasteiger partial charge on any atom is -0.487 e. The first-order valence-electron chi connectivity index (χ1n) is 11.7. The van der Waals surface area contributed by atoms with Gasteiger partial charge in [0.25, 0.3) is 0 Å². The summed E-state index contributed by atoms with van der Waals surface area (Å²) in [6, 6.07) is 25.6. The fourth-order valence-corrected chi connectivity index (χ4v) is 3.93. The van der Waals surface area contributed by atoms with Crippen LogP contribution in [-0.4, -0.2) is 11.2 Å². The second kappa shape index (κ2) is 8.50. The molecule has 0 spiro atoms. The molecule has 32 heavy (non-hydrogen) atoms. The molecular formula is C30H34O2. The average molecular weight is 427 g/mol. The molecule has 0 aliphatic heterocycles. The quantitative estimate of drug-likeness (QED) is 0.294. The summed E-state index contributed by atoms with van der Waals surface area (Å²) in [4.78, 5) is 0. The van der Waals surface area contributed by atoms with Crippen molar-refractivity contribution in [1.29, 1.82) is 0 Å². The van der Waals surface area contributed by atoms with Gasteiger partial charge in [-0.05, 0) is 74.2 Å². The first kappa shape index (κ1) is 22.2. The van der Waals surface area contributed by atoms with Gasteiger partial charge in [-0.3, -0.25) is 0 Å². The van der Waals surface area contributed by atoms with Crippen molar-refractivity contribution in [3.8, 4) is 22.6 Å². The summed E-state index contributed by atoms with van der Waals surface area (Å²) < 4.78 is 13.3. The fraction of sp³-hybridized carbons (Fsp3) is 0.333. The number of rotatable bonds is 7. The van der Waals surface area contributed by atoms with E-state index in [0.717, 1.165) is 35.5 Å². The SMILES string of the molecule is CCC(C)(C)Oc1ccc2ccccc2c1-c1c(OC(C)(C)CC)ccc2ccccc12. The number of fused-ring (bicyclic) bond motifs is 2. The van der Waals surface area contributed by atoms with Crippen molar-refractivity contribution in [2.75, 3.05) is 0 Å². The molecule has 4 rings (SSSR count). The van der Waals surface area contributed by atoms with Crippen molar-refractivity contribution in [1.82, 2.24) is 0 Å². The number of ether oxygens (including phenoxy) is 2. The van der Waals surface area contributed by atoms with E-state index in [4.69, 9.17) is 9.47 Å². The van der Waals surface area contributed by atoms with Crippen LogP contribution >= 0.6 is 0 Å². The number of hydrogen-bond acceptors (Lipinski definition) is 2. The van der Waals surface area contributed by atoms with Crippen LogP contribution in [0.5, 0.6) is 11.5 Å². The van der Waals surface area contributed by atoms with E-state index in [1.54, 1.807) is 0 Å². The summed E-state index contributed by atoms with van der Waals surface area (Å²) in [5, 5.41) is 4.73. The van der Waals surface area contributed by atoms with Crippen LogP contribution in [-0.2, 0) is 0 Å². The van der Waals surface area contributed by atoms with Crippen LogP contribution in [0.4, 0.5) is 0 Å². The van der Waals surface area contributed by atoms with Gasteiger partial charge in [0, 0.05) is 11.1 Å². The molecule has 0 radical (unpaired) electrons. The van der Waals surface area contributed by atoms with Crippen molar-refractivity contribution in [3.63, 3.8) is 0 Å². The molecule has 4 aromatic rings. The van der Waals surface area contributed by atoms with E-state index >= 15 is 0 Å². The highest BCUT2D eigenvalue weighted by Crippen LogP contribution is 2.47. The average Bonchev–Trinajstić information content (AvgIpc) is 2.79. The van der Waals surface area contributed by atoms with Gasteiger partial charge in [-0.2, -0.15) is 0 Å². The molecule has 0 amide bonds. The standard InChI is InChI=1S/C30H34O2/c1-7-29(3,4)31-25-19-17-21-13-9-11-15-23(21)27(25)28-24-16-12-10-14-22(24)18-20-26(28)32-30(5,6)8-2/h9-20H,7-8H2,1-6H3. The summed E-state index contributed by atoms with van der Waals surface area (Å²) in [7, 11) is 0. The Kier molecular flexibility index (Phi) is 5.90. The molecule has 0 aliphatic carbocycles. The van der Waals surface area contributed by atoms with Crippen LogP contribution in [0.3, 0.4) is 0 Å². The van der Waals surface area contributed by atoms with E-state index in [0.29, 0.717) is 0 Å². The molecule has 0 unspecified atom stereocenters. The van der Waals surface area contributed by atoms with E-state index in [1.165, 1.54) is 21.5 Å². The van der Waals surface area contributed by atoms with Crippen LogP contribution < -0.4 is 9.47 Å². The monoisotopic (exact) mass is 426 g/mol. The summed E-state index contributed by atoms with van der Waals surface area (Å²) in [6.45, 7) is 12.9. The Morgan fingerprint density at radius 3 is 1.28 bits per heavy atom. The zero-order valence-electron chi connectivity index (χ0n) is 20.2. The fourth-order valence-electron chi connectivity index (χ4n) is 3.93. The minimum absolute atomic E-state index is 0.272. The Balaban J connectivity index is 2.10. The highest BCUT2D eigenvalue weighted by atomic mass is 16.5. The predicted molar refractivity (Wildman–Crippen MR) is 137 cm³/mol. The smallest absolute Gasteiger partial charge is 0.128 e. The van der Waals surface area contributed by atoms with E-state index in [-0.39, 0.29) is 11.2 Å². The second-order valence-corrected chi connectivity index (χ2v) is 9.75. The maximum atomic E-state index is 6.65. The third kappa shape index (κ3) is 4.32. The van der Waals surface area contributed by atoms with E-state index in [2.05, 4.69) is 114 Å². The summed E-state index contributed by atoms with van der Waals surface area (Å²) in [5.74, 6) is 1.79. The summed E-state index contributed by atoms with van der Waals surface area (Å²) >= 11 is 0. The molecule has 2 nitrogen and oxygen atoms in total. The van der Waals surface area contributed by atoms with Crippen molar-refractivity contribution in [2.24, 2.45) is 0 Å². The lowest BCUT2D eigenvalue weighted by Crippen LogP contribution is -2.28. The van der Waals surface area contributed by atoms with Gasteiger partial charge in [0.1, 0.15) is 22.7 Å². The molecule has 0 saturated carbocycles. The highest BCUT2D eigenvalue weighted by molar-refractivity contribution is 6.09. The zero-order chi connectivity index (χ0) is 22.9. The molecule has 0 saturated heterocycles. The van der Waals surface area contributed by atoms with Crippen molar-refractivity contribution < 1.29 is 9.47 Å². The first-order valence-corrected chi connectivity index (χ1v) is 11.7. The second-order valence-electron chi connectivity index (χ2n) is 9.75. The lowest BCUT2D eigenvalue weighted by molar-refractivity contribution is 0.103. The van der Waals surface area contributed by atoms with Crippen molar-refractivity contribution >= 4 is 21.5 Å². The molecule has 0 atom stereocenters. The van der Waals surface area contributed by atoms with Gasteiger partial charge in [0.15, 0.2) is 0 Å². The molecule has 0 aromatic heterocycles. The highest BCUT2D eigenvalue weighted by Gasteiger charge is 2.26. The third-order valence-corrected chi connectivity index (χ3v) is 6.51. The van der Waals surface area contributed by atoms with Crippen LogP contribution in [0, 0.1) is 0 Å². The zero-order valence-corrected chi connectivity index (χ0v) is 20.2. The predicted octanol–water partition coefficient (Wildman–Crippen LogP) is 8.79. The lowest BCUT2D eigenvalue weighted by atomic mass is 9.91. The molecule has 0 heterocycles. The van der Waals surface area contributed by atoms with Crippen LogP contribution in [0.2, 0.25) is 0 Å². The number of hydrogen-bond donors (Lipinski definition) is 0. The van der Waals surface area contributed by atoms with E-state index < -0.39 is 0 Å². The van der Waals surface area contributed by atoms with E-state index in [9.17, 15) is 0 Å². The van der Waals surface area contributed by atoms with Crippen LogP contribution in [0.1, 0.15) is 54.4 Å². The van der Waals surface area contributed by atoms with Gasteiger partial charge in [-0.1, -0.05) is 74.5 Å². The van der Waals surface area contributed by atoms with Gasteiger partial charge in [-0.15, -0.1) is 0 Å². The molecular weight excluding hydrogens is 392 g/mol. The maximum absolute atomic E-state index is 6.65. The molecule has 2 heteroatoms. The Morgan fingerprint density at radius 2 is 0.906 bits per heavy atom. The summed E-state index contributed by atoms with van der Waals surface area (Å²) in [5.41, 5.74) is 1.66. The number of benzene rings is 4. The van der Waals surface area contributed by atoms with Gasteiger partial charge < -0.3 is 9.47 Å². The molecule has 0 N–H and O–H groups in total. The van der Waals surface area contributed by atoms with Crippen molar-refractivity contribution in [3.05, 3.63) is 72.8 Å². The largest absolute Gasteiger partial charge is 0.487 e. The molecule has 0 bridgehead atoms. The van der Waals surface area contributed by atoms with Gasteiger partial charge >= 0.3 is 0 Å². The van der Waals surface area contributed by atoms with Gasteiger partial charge in [0.05, 0.1) is 0 Å². The van der Waals surface area contributed by atoms with E-state index in [1.807, 2.05) is 0 Å². The minimum atomic E-state index is -0.272. The van der Waals surface area contributed by atoms with Gasteiger partial charge in [-0.25, -0.2) is 0 Å². The Bertz CT molecular complexity index is 1150. The first-order chi connectivity index (χ1) is 15.2. The molecule has 166 valence electrons. The molecule has 4 aromatic carbocycles. The Hall–Kier alpha value is -3.00. The maximum Gasteiger partial charge on any atom is 0.128 e. The normalized spacial score (nSPS) is 12.3. The van der Waals surface area contributed by atoms with Gasteiger partial charge in [0.2, 0.25) is 0 Å². The Morgan fingerprint density at radius 1 is 0.531 bits per heavy atom. The third-order valence-electron chi connectivity index (χ3n) is 6.51. The van der Waals surface area contributed by atoms with Crippen LogP contribution in [0.25, 0.3) is 32.7 Å². The lowest BCUT2D eigenvalue weighted by Gasteiger charge is -2.30.